The Morgan fingerprint density at radius 2 is 1.62 bits per heavy atom. The molecule has 2 aliphatic heterocycles. The molecule has 2 aliphatic rings. The summed E-state index contributed by atoms with van der Waals surface area (Å²) >= 11 is 3.66. The molecule has 1 saturated heterocycles. The van der Waals surface area contributed by atoms with Crippen LogP contribution in [0.4, 0.5) is 4.79 Å². The predicted octanol–water partition coefficient (Wildman–Crippen LogP) is 8.03. The van der Waals surface area contributed by atoms with Crippen molar-refractivity contribution in [2.24, 2.45) is 0 Å². The van der Waals surface area contributed by atoms with Crippen molar-refractivity contribution in [2.75, 3.05) is 13.9 Å². The average Bonchev–Trinajstić information content (AvgIpc) is 3.64. The summed E-state index contributed by atoms with van der Waals surface area (Å²) in [5.74, 6) is -0.196. The number of ether oxygens (including phenoxy) is 5. The second-order valence-electron chi connectivity index (χ2n) is 14.4. The number of benzene rings is 4. The number of carbonyl (C=O) groups excluding carboxylic acids is 3. The number of methoxy groups -OCH3 is 1. The molecule has 1 atom stereocenters. The van der Waals surface area contributed by atoms with E-state index in [-0.39, 0.29) is 64.8 Å². The fourth-order valence-electron chi connectivity index (χ4n) is 6.71. The zero-order chi connectivity index (χ0) is 42.1. The lowest BCUT2D eigenvalue weighted by Crippen LogP contribution is -2.61. The molecular weight excluding hydrogens is 832 g/mol. The molecule has 306 valence electrons. The quantitative estimate of drug-likeness (QED) is 0.101. The van der Waals surface area contributed by atoms with Crippen LogP contribution < -0.4 is 23.1 Å². The number of hydrogen-bond acceptors (Lipinski definition) is 11. The number of halogens is 1. The lowest BCUT2D eigenvalue weighted by molar-refractivity contribution is -0.149. The Labute approximate surface area is 346 Å². The minimum atomic E-state index is -4.42. The molecule has 4 aromatic rings. The second kappa shape index (κ2) is 17.1. The summed E-state index contributed by atoms with van der Waals surface area (Å²) in [6.45, 7) is 12.0. The maximum Gasteiger partial charge on any atom is 0.417 e. The number of aryl methyl sites for hydroxylation is 1. The average molecular weight is 878 g/mol. The molecule has 6 rings (SSSR count). The second-order valence-corrected chi connectivity index (χ2v) is 16.8. The summed E-state index contributed by atoms with van der Waals surface area (Å²) in [6, 6.07) is 17.0. The van der Waals surface area contributed by atoms with E-state index in [1.807, 2.05) is 33.8 Å². The molecule has 0 N–H and O–H groups in total. The highest BCUT2D eigenvalue weighted by molar-refractivity contribution is 9.10. The number of hydrogen-bond donors (Lipinski definition) is 0. The van der Waals surface area contributed by atoms with Crippen LogP contribution in [0.1, 0.15) is 61.1 Å². The third-order valence-electron chi connectivity index (χ3n) is 9.44. The molecule has 58 heavy (non-hydrogen) atoms. The number of rotatable bonds is 12. The Balaban J connectivity index is 1.54. The van der Waals surface area contributed by atoms with Crippen molar-refractivity contribution in [1.82, 2.24) is 9.80 Å². The van der Waals surface area contributed by atoms with Crippen molar-refractivity contribution in [3.63, 3.8) is 0 Å². The number of nitrogens with zero attached hydrogens (tertiary/aromatic N) is 2. The van der Waals surface area contributed by atoms with Crippen molar-refractivity contribution >= 4 is 50.0 Å². The van der Waals surface area contributed by atoms with Gasteiger partial charge in [-0.15, -0.1) is 0 Å². The van der Waals surface area contributed by atoms with Gasteiger partial charge in [0.25, 0.3) is 11.8 Å². The van der Waals surface area contributed by atoms with Crippen LogP contribution in [0.2, 0.25) is 0 Å². The predicted molar refractivity (Wildman–Crippen MR) is 218 cm³/mol. The smallest absolute Gasteiger partial charge is 0.417 e. The maximum absolute atomic E-state index is 15.1. The Kier molecular flexibility index (Phi) is 12.4. The molecule has 1 fully saturated rings. The topological polar surface area (TPSA) is 147 Å². The van der Waals surface area contributed by atoms with Crippen molar-refractivity contribution in [2.45, 2.75) is 84.6 Å². The maximum atomic E-state index is 15.1. The standard InChI is InChI=1S/C43H45BrN2O11S/c1-24(2)55-36-20-30(37(44)27(6)39(36)52-8)18-34-41(47)45(22-29-12-10-9-11-13-29)33(42(48)46(34)43(49)56-25(3)4)19-31-21-35-40(54-23-53-35)28(7)38(31)57-58(50,51)32-16-14-26(5)15-17-32/h9-17,19-21,24-25,34H,18,22-23H2,1-8H3/b33-19-. The highest BCUT2D eigenvalue weighted by atomic mass is 79.9. The van der Waals surface area contributed by atoms with Crippen LogP contribution in [0, 0.1) is 20.8 Å². The summed E-state index contributed by atoms with van der Waals surface area (Å²) in [5, 5.41) is 0. The van der Waals surface area contributed by atoms with Crippen molar-refractivity contribution in [3.8, 4) is 28.7 Å². The third-order valence-corrected chi connectivity index (χ3v) is 11.8. The lowest BCUT2D eigenvalue weighted by atomic mass is 9.96. The van der Waals surface area contributed by atoms with Gasteiger partial charge >= 0.3 is 16.2 Å². The van der Waals surface area contributed by atoms with Gasteiger partial charge in [-0.1, -0.05) is 64.0 Å². The van der Waals surface area contributed by atoms with Gasteiger partial charge in [-0.25, -0.2) is 9.69 Å². The van der Waals surface area contributed by atoms with Gasteiger partial charge in [-0.3, -0.25) is 9.59 Å². The summed E-state index contributed by atoms with van der Waals surface area (Å²) in [6.07, 6.45) is -0.694. The van der Waals surface area contributed by atoms with E-state index in [1.54, 1.807) is 63.2 Å². The molecule has 13 nitrogen and oxygen atoms in total. The number of piperazine rings is 1. The first-order chi connectivity index (χ1) is 27.5. The van der Waals surface area contributed by atoms with Gasteiger partial charge in [-0.05, 0) is 89.9 Å². The molecule has 0 saturated carbocycles. The minimum absolute atomic E-state index is 0.0753. The molecular formula is C43H45BrN2O11S. The normalized spacial score (nSPS) is 16.1. The van der Waals surface area contributed by atoms with Crippen LogP contribution in [0.25, 0.3) is 6.08 Å². The Morgan fingerprint density at radius 1 is 0.931 bits per heavy atom. The molecule has 3 amide bonds. The number of fused-ring (bicyclic) bond motifs is 1. The van der Waals surface area contributed by atoms with E-state index in [0.717, 1.165) is 10.5 Å². The number of carbonyl (C=O) groups is 3. The zero-order valence-corrected chi connectivity index (χ0v) is 35.9. The van der Waals surface area contributed by atoms with E-state index in [0.29, 0.717) is 32.7 Å². The molecule has 0 radical (unpaired) electrons. The van der Waals surface area contributed by atoms with E-state index in [1.165, 1.54) is 36.3 Å². The lowest BCUT2D eigenvalue weighted by Gasteiger charge is -2.40. The molecule has 0 spiro atoms. The highest BCUT2D eigenvalue weighted by Crippen LogP contribution is 2.45. The van der Waals surface area contributed by atoms with Crippen molar-refractivity contribution in [3.05, 3.63) is 110 Å². The molecule has 0 aliphatic carbocycles. The molecule has 2 heterocycles. The zero-order valence-electron chi connectivity index (χ0n) is 33.5. The summed E-state index contributed by atoms with van der Waals surface area (Å²) in [4.78, 5) is 46.1. The number of imide groups is 1. The van der Waals surface area contributed by atoms with Crippen LogP contribution >= 0.6 is 15.9 Å². The molecule has 1 unspecified atom stereocenters. The van der Waals surface area contributed by atoms with Crippen LogP contribution in [0.15, 0.2) is 81.8 Å². The Hall–Kier alpha value is -5.54. The molecule has 0 aromatic heterocycles. The third kappa shape index (κ3) is 8.65. The van der Waals surface area contributed by atoms with Gasteiger partial charge in [0.2, 0.25) is 6.79 Å². The number of amides is 3. The molecule has 15 heteroatoms. The van der Waals surface area contributed by atoms with E-state index in [9.17, 15) is 13.2 Å². The van der Waals surface area contributed by atoms with Gasteiger partial charge < -0.3 is 32.8 Å². The minimum Gasteiger partial charge on any atom is -0.493 e. The molecule has 0 bridgehead atoms. The summed E-state index contributed by atoms with van der Waals surface area (Å²) in [7, 11) is -2.90. The first-order valence-electron chi connectivity index (χ1n) is 18.6. The van der Waals surface area contributed by atoms with Crippen molar-refractivity contribution < 1.29 is 50.7 Å². The van der Waals surface area contributed by atoms with Gasteiger partial charge in [0.15, 0.2) is 28.7 Å². The Bertz CT molecular complexity index is 2380. The summed E-state index contributed by atoms with van der Waals surface area (Å²) < 4.78 is 62.6. The Morgan fingerprint density at radius 3 is 2.26 bits per heavy atom. The van der Waals surface area contributed by atoms with E-state index < -0.39 is 40.2 Å². The summed E-state index contributed by atoms with van der Waals surface area (Å²) in [5.41, 5.74) is 2.89. The first kappa shape index (κ1) is 42.1. The fourth-order valence-corrected chi connectivity index (χ4v) is 8.18. The van der Waals surface area contributed by atoms with Crippen LogP contribution in [0.3, 0.4) is 0 Å². The van der Waals surface area contributed by atoms with E-state index in [2.05, 4.69) is 15.9 Å². The van der Waals surface area contributed by atoms with E-state index >= 15 is 9.59 Å². The van der Waals surface area contributed by atoms with Gasteiger partial charge in [0.1, 0.15) is 16.6 Å². The van der Waals surface area contributed by atoms with Gasteiger partial charge in [-0.2, -0.15) is 8.42 Å². The van der Waals surface area contributed by atoms with Crippen LogP contribution in [-0.4, -0.2) is 68.3 Å². The first-order valence-corrected chi connectivity index (χ1v) is 20.8. The fraction of sp³-hybridized carbons (Fsp3) is 0.326. The van der Waals surface area contributed by atoms with Crippen LogP contribution in [0.5, 0.6) is 28.7 Å². The van der Waals surface area contributed by atoms with Gasteiger partial charge in [0.05, 0.1) is 25.9 Å². The largest absolute Gasteiger partial charge is 0.493 e. The monoisotopic (exact) mass is 876 g/mol. The highest BCUT2D eigenvalue weighted by Gasteiger charge is 2.47. The van der Waals surface area contributed by atoms with E-state index in [4.69, 9.17) is 27.9 Å². The van der Waals surface area contributed by atoms with Gasteiger partial charge in [0, 0.05) is 27.6 Å². The van der Waals surface area contributed by atoms with Crippen LogP contribution in [-0.2, 0) is 37.4 Å². The molecule has 4 aromatic carbocycles. The SMILES string of the molecule is COc1c(OC(C)C)cc(CC2C(=O)N(Cc3ccccc3)/C(=C\c3cc4c(c(C)c3OS(=O)(=O)c3ccc(C)cc3)OCO4)C(=O)N2C(=O)OC(C)C)c(Br)c1C. The van der Waals surface area contributed by atoms with Crippen molar-refractivity contribution in [1.29, 1.82) is 0 Å².